The summed E-state index contributed by atoms with van der Waals surface area (Å²) in [5.41, 5.74) is 2.28. The molecule has 2 aromatic carbocycles. The molecule has 0 saturated carbocycles. The predicted molar refractivity (Wildman–Crippen MR) is 99.8 cm³/mol. The van der Waals surface area contributed by atoms with Crippen LogP contribution in [0.1, 0.15) is 5.56 Å². The van der Waals surface area contributed by atoms with Crippen LogP contribution in [0.15, 0.2) is 65.0 Å². The van der Waals surface area contributed by atoms with Crippen molar-refractivity contribution in [2.24, 2.45) is 0 Å². The van der Waals surface area contributed by atoms with Crippen molar-refractivity contribution in [2.45, 2.75) is 6.54 Å². The molecule has 3 nitrogen and oxygen atoms in total. The molecule has 0 aliphatic heterocycles. The van der Waals surface area contributed by atoms with Gasteiger partial charge in [-0.25, -0.2) is 9.37 Å². The summed E-state index contributed by atoms with van der Waals surface area (Å²) in [5.74, 6) is -0.308. The average molecular weight is 371 g/mol. The topological polar surface area (TPSA) is 34.9 Å². The lowest BCUT2D eigenvalue weighted by molar-refractivity contribution is 0.628. The highest BCUT2D eigenvalue weighted by molar-refractivity contribution is 7.17. The maximum atomic E-state index is 13.2. The predicted octanol–water partition coefficient (Wildman–Crippen LogP) is 4.97. The fraction of sp³-hybridized carbons (Fsp3) is 0.0526. The molecule has 4 aromatic rings. The first-order valence-corrected chi connectivity index (χ1v) is 8.85. The molecule has 2 aromatic heterocycles. The van der Waals surface area contributed by atoms with Crippen molar-refractivity contribution in [1.29, 1.82) is 0 Å². The molecular formula is C19H12ClFN2OS. The number of nitrogens with zero attached hydrogens (tertiary/aromatic N) is 2. The smallest absolute Gasteiger partial charge is 0.263 e. The van der Waals surface area contributed by atoms with Gasteiger partial charge in [-0.15, -0.1) is 11.3 Å². The summed E-state index contributed by atoms with van der Waals surface area (Å²) >= 11 is 7.60. The van der Waals surface area contributed by atoms with E-state index in [0.29, 0.717) is 21.8 Å². The van der Waals surface area contributed by atoms with Gasteiger partial charge in [-0.2, -0.15) is 0 Å². The highest BCUT2D eigenvalue weighted by Gasteiger charge is 2.14. The third-order valence-electron chi connectivity index (χ3n) is 4.01. The number of thiophene rings is 1. The molecule has 0 bridgehead atoms. The van der Waals surface area contributed by atoms with Gasteiger partial charge in [-0.3, -0.25) is 9.36 Å². The van der Waals surface area contributed by atoms with Gasteiger partial charge in [0, 0.05) is 16.0 Å². The molecule has 6 heteroatoms. The van der Waals surface area contributed by atoms with E-state index in [9.17, 15) is 9.18 Å². The fourth-order valence-electron chi connectivity index (χ4n) is 2.73. The van der Waals surface area contributed by atoms with Crippen molar-refractivity contribution in [2.75, 3.05) is 0 Å². The van der Waals surface area contributed by atoms with Crippen LogP contribution in [0, 0.1) is 5.82 Å². The summed E-state index contributed by atoms with van der Waals surface area (Å²) in [6.07, 6.45) is 1.54. The van der Waals surface area contributed by atoms with Gasteiger partial charge in [0.15, 0.2) is 0 Å². The largest absolute Gasteiger partial charge is 0.294 e. The van der Waals surface area contributed by atoms with E-state index in [2.05, 4.69) is 4.98 Å². The van der Waals surface area contributed by atoms with Crippen LogP contribution in [0.25, 0.3) is 21.3 Å². The van der Waals surface area contributed by atoms with E-state index in [4.69, 9.17) is 11.6 Å². The molecule has 2 heterocycles. The summed E-state index contributed by atoms with van der Waals surface area (Å²) in [4.78, 5) is 18.0. The SMILES string of the molecule is O=c1c2c(-c3ccc(F)cc3)csc2ncn1Cc1ccccc1Cl. The number of halogens is 2. The van der Waals surface area contributed by atoms with Gasteiger partial charge in [0.25, 0.3) is 5.56 Å². The minimum Gasteiger partial charge on any atom is -0.294 e. The third kappa shape index (κ3) is 2.97. The second-order valence-corrected chi connectivity index (χ2v) is 6.87. The van der Waals surface area contributed by atoms with Crippen molar-refractivity contribution < 1.29 is 4.39 Å². The number of hydrogen-bond acceptors (Lipinski definition) is 3. The van der Waals surface area contributed by atoms with E-state index >= 15 is 0 Å². The maximum Gasteiger partial charge on any atom is 0.263 e. The molecule has 0 aliphatic rings. The van der Waals surface area contributed by atoms with Crippen LogP contribution in [0.4, 0.5) is 4.39 Å². The molecule has 0 radical (unpaired) electrons. The molecule has 0 aliphatic carbocycles. The Balaban J connectivity index is 1.85. The second-order valence-electron chi connectivity index (χ2n) is 5.61. The van der Waals surface area contributed by atoms with Gasteiger partial charge in [-0.1, -0.05) is 41.9 Å². The fourth-order valence-corrected chi connectivity index (χ4v) is 3.83. The normalized spacial score (nSPS) is 11.1. The van der Waals surface area contributed by atoms with Crippen LogP contribution >= 0.6 is 22.9 Å². The lowest BCUT2D eigenvalue weighted by Crippen LogP contribution is -2.21. The molecule has 4 rings (SSSR count). The third-order valence-corrected chi connectivity index (χ3v) is 5.27. The van der Waals surface area contributed by atoms with E-state index in [1.54, 1.807) is 29.1 Å². The molecule has 25 heavy (non-hydrogen) atoms. The molecule has 0 saturated heterocycles. The average Bonchev–Trinajstić information content (AvgIpc) is 3.05. The number of aromatic nitrogens is 2. The quantitative estimate of drug-likeness (QED) is 0.510. The van der Waals surface area contributed by atoms with Gasteiger partial charge >= 0.3 is 0 Å². The highest BCUT2D eigenvalue weighted by Crippen LogP contribution is 2.30. The standard InChI is InChI=1S/C19H12ClFN2OS/c20-16-4-2-1-3-13(16)9-23-11-22-18-17(19(23)24)15(10-25-18)12-5-7-14(21)8-6-12/h1-8,10-11H,9H2. The zero-order valence-corrected chi connectivity index (χ0v) is 14.5. The van der Waals surface area contributed by atoms with Crippen LogP contribution in [0.3, 0.4) is 0 Å². The zero-order chi connectivity index (χ0) is 17.4. The first-order chi connectivity index (χ1) is 12.1. The van der Waals surface area contributed by atoms with E-state index in [1.165, 1.54) is 23.5 Å². The first kappa shape index (κ1) is 16.0. The van der Waals surface area contributed by atoms with E-state index in [0.717, 1.165) is 16.7 Å². The lowest BCUT2D eigenvalue weighted by atomic mass is 10.1. The van der Waals surface area contributed by atoms with Crippen LogP contribution in [0.2, 0.25) is 5.02 Å². The Hall–Kier alpha value is -2.50. The highest BCUT2D eigenvalue weighted by atomic mass is 35.5. The number of fused-ring (bicyclic) bond motifs is 1. The Bertz CT molecular complexity index is 1120. The molecule has 0 amide bonds. The Kier molecular flexibility index (Phi) is 4.11. The molecule has 0 spiro atoms. The second kappa shape index (κ2) is 6.43. The minimum atomic E-state index is -0.308. The van der Waals surface area contributed by atoms with Gasteiger partial charge in [-0.05, 0) is 29.3 Å². The van der Waals surface area contributed by atoms with Crippen molar-refractivity contribution >= 4 is 33.2 Å². The Morgan fingerprint density at radius 2 is 1.88 bits per heavy atom. The van der Waals surface area contributed by atoms with Gasteiger partial charge in [0.1, 0.15) is 10.6 Å². The monoisotopic (exact) mass is 370 g/mol. The Morgan fingerprint density at radius 1 is 1.12 bits per heavy atom. The van der Waals surface area contributed by atoms with Crippen molar-refractivity contribution in [3.8, 4) is 11.1 Å². The van der Waals surface area contributed by atoms with Crippen LogP contribution in [0.5, 0.6) is 0 Å². The van der Waals surface area contributed by atoms with Crippen LogP contribution < -0.4 is 5.56 Å². The maximum absolute atomic E-state index is 13.2. The van der Waals surface area contributed by atoms with Crippen molar-refractivity contribution in [3.63, 3.8) is 0 Å². The summed E-state index contributed by atoms with van der Waals surface area (Å²) in [5, 5.41) is 3.04. The van der Waals surface area contributed by atoms with Gasteiger partial charge in [0.2, 0.25) is 0 Å². The first-order valence-electron chi connectivity index (χ1n) is 7.59. The van der Waals surface area contributed by atoms with Gasteiger partial charge < -0.3 is 0 Å². The van der Waals surface area contributed by atoms with Gasteiger partial charge in [0.05, 0.1) is 18.3 Å². The number of hydrogen-bond donors (Lipinski definition) is 0. The molecule has 0 atom stereocenters. The molecule has 0 unspecified atom stereocenters. The summed E-state index contributed by atoms with van der Waals surface area (Å²) in [7, 11) is 0. The van der Waals surface area contributed by atoms with Crippen LogP contribution in [-0.4, -0.2) is 9.55 Å². The minimum absolute atomic E-state index is 0.134. The van der Waals surface area contributed by atoms with E-state index < -0.39 is 0 Å². The van der Waals surface area contributed by atoms with Crippen LogP contribution in [-0.2, 0) is 6.54 Å². The summed E-state index contributed by atoms with van der Waals surface area (Å²) in [6.45, 7) is 0.347. The summed E-state index contributed by atoms with van der Waals surface area (Å²) in [6, 6.07) is 13.5. The molecule has 0 N–H and O–H groups in total. The molecule has 0 fully saturated rings. The summed E-state index contributed by atoms with van der Waals surface area (Å²) < 4.78 is 14.7. The Morgan fingerprint density at radius 3 is 2.64 bits per heavy atom. The number of rotatable bonds is 3. The van der Waals surface area contributed by atoms with E-state index in [1.807, 2.05) is 23.6 Å². The molecular weight excluding hydrogens is 359 g/mol. The molecule has 124 valence electrons. The Labute approximate surface area is 152 Å². The van der Waals surface area contributed by atoms with Crippen molar-refractivity contribution in [3.05, 3.63) is 87.0 Å². The number of benzene rings is 2. The lowest BCUT2D eigenvalue weighted by Gasteiger charge is -2.08. The van der Waals surface area contributed by atoms with Crippen molar-refractivity contribution in [1.82, 2.24) is 9.55 Å². The van der Waals surface area contributed by atoms with E-state index in [-0.39, 0.29) is 11.4 Å². The zero-order valence-electron chi connectivity index (χ0n) is 12.9.